The van der Waals surface area contributed by atoms with Crippen LogP contribution in [0, 0.1) is 0 Å². The van der Waals surface area contributed by atoms with Crippen LogP contribution >= 0.6 is 34.8 Å². The van der Waals surface area contributed by atoms with Crippen molar-refractivity contribution >= 4 is 46.7 Å². The van der Waals surface area contributed by atoms with E-state index < -0.39 is 6.10 Å². The summed E-state index contributed by atoms with van der Waals surface area (Å²) in [4.78, 5) is 4.45. The van der Waals surface area contributed by atoms with Crippen molar-refractivity contribution in [1.82, 2.24) is 0 Å². The summed E-state index contributed by atoms with van der Waals surface area (Å²) in [6.07, 6.45) is 1.01. The Morgan fingerprint density at radius 3 is 2.40 bits per heavy atom. The molecule has 0 bridgehead atoms. The van der Waals surface area contributed by atoms with Gasteiger partial charge in [0.1, 0.15) is 6.10 Å². The Bertz CT molecular complexity index is 1010. The Labute approximate surface area is 160 Å². The van der Waals surface area contributed by atoms with Crippen LogP contribution < -0.4 is 0 Å². The highest BCUT2D eigenvalue weighted by atomic mass is 35.5. The van der Waals surface area contributed by atoms with E-state index in [1.807, 2.05) is 42.5 Å². The second kappa shape index (κ2) is 6.47. The summed E-state index contributed by atoms with van der Waals surface area (Å²) in [7, 11) is 0. The lowest BCUT2D eigenvalue weighted by atomic mass is 10.1. The Morgan fingerprint density at radius 2 is 1.60 bits per heavy atom. The summed E-state index contributed by atoms with van der Waals surface area (Å²) < 4.78 is 0. The standard InChI is InChI=1S/C20H12Cl3NO/c21-16-6-5-11(7-17(16)22)10-24-19-9-15-14(8-18(19)23)12-3-1-2-4-13(12)20(15)25/h1-10,20,25H. The molecular weight excluding hydrogens is 377 g/mol. The number of aliphatic hydroxyl groups is 1. The van der Waals surface area contributed by atoms with Crippen LogP contribution in [0.25, 0.3) is 11.1 Å². The molecule has 1 N–H and O–H groups in total. The van der Waals surface area contributed by atoms with Gasteiger partial charge >= 0.3 is 0 Å². The summed E-state index contributed by atoms with van der Waals surface area (Å²) in [6.45, 7) is 0. The molecule has 0 saturated heterocycles. The second-order valence-electron chi connectivity index (χ2n) is 5.81. The van der Waals surface area contributed by atoms with Crippen LogP contribution in [0.4, 0.5) is 5.69 Å². The molecule has 0 aliphatic heterocycles. The molecule has 5 heteroatoms. The average molecular weight is 389 g/mol. The quantitative estimate of drug-likeness (QED) is 0.502. The van der Waals surface area contributed by atoms with Gasteiger partial charge in [-0.15, -0.1) is 0 Å². The fourth-order valence-electron chi connectivity index (χ4n) is 3.02. The number of rotatable bonds is 2. The predicted octanol–water partition coefficient (Wildman–Crippen LogP) is 6.46. The van der Waals surface area contributed by atoms with E-state index in [4.69, 9.17) is 34.8 Å². The van der Waals surface area contributed by atoms with Crippen molar-refractivity contribution in [2.45, 2.75) is 6.10 Å². The van der Waals surface area contributed by atoms with Crippen molar-refractivity contribution in [2.75, 3.05) is 0 Å². The van der Waals surface area contributed by atoms with Gasteiger partial charge in [-0.25, -0.2) is 0 Å². The molecule has 1 aliphatic rings. The Kier molecular flexibility index (Phi) is 4.30. The number of aliphatic imine (C=N–C) groups is 1. The topological polar surface area (TPSA) is 32.6 Å². The lowest BCUT2D eigenvalue weighted by Crippen LogP contribution is -1.93. The van der Waals surface area contributed by atoms with Crippen LogP contribution in [0.15, 0.2) is 59.6 Å². The summed E-state index contributed by atoms with van der Waals surface area (Å²) in [6, 6.07) is 16.7. The highest BCUT2D eigenvalue weighted by Crippen LogP contribution is 2.46. The first kappa shape index (κ1) is 16.6. The molecular formula is C20H12Cl3NO. The number of halogens is 3. The molecule has 2 nitrogen and oxygen atoms in total. The largest absolute Gasteiger partial charge is 0.384 e. The Balaban J connectivity index is 1.73. The zero-order chi connectivity index (χ0) is 17.6. The molecule has 0 fully saturated rings. The van der Waals surface area contributed by atoms with Gasteiger partial charge in [-0.3, -0.25) is 4.99 Å². The average Bonchev–Trinajstić information content (AvgIpc) is 2.88. The van der Waals surface area contributed by atoms with E-state index in [1.165, 1.54) is 0 Å². The van der Waals surface area contributed by atoms with Gasteiger partial charge in [0.15, 0.2) is 0 Å². The van der Waals surface area contributed by atoms with E-state index in [9.17, 15) is 5.11 Å². The maximum atomic E-state index is 10.6. The van der Waals surface area contributed by atoms with Crippen molar-refractivity contribution < 1.29 is 5.11 Å². The Hall–Kier alpha value is -1.84. The minimum atomic E-state index is -0.664. The number of aliphatic hydroxyl groups excluding tert-OH is 1. The summed E-state index contributed by atoms with van der Waals surface area (Å²) in [5.74, 6) is 0. The predicted molar refractivity (Wildman–Crippen MR) is 105 cm³/mol. The van der Waals surface area contributed by atoms with Gasteiger partial charge in [-0.1, -0.05) is 65.1 Å². The monoisotopic (exact) mass is 387 g/mol. The van der Waals surface area contributed by atoms with Gasteiger partial charge in [-0.2, -0.15) is 0 Å². The van der Waals surface area contributed by atoms with Crippen molar-refractivity contribution in [3.8, 4) is 11.1 Å². The molecule has 124 valence electrons. The smallest absolute Gasteiger partial charge is 0.105 e. The first-order valence-corrected chi connectivity index (χ1v) is 8.78. The molecule has 0 amide bonds. The fraction of sp³-hybridized carbons (Fsp3) is 0.0500. The van der Waals surface area contributed by atoms with Crippen LogP contribution in [-0.4, -0.2) is 11.3 Å². The van der Waals surface area contributed by atoms with Gasteiger partial charge in [-0.05, 0) is 52.1 Å². The molecule has 0 radical (unpaired) electrons. The van der Waals surface area contributed by atoms with E-state index >= 15 is 0 Å². The lowest BCUT2D eigenvalue weighted by Gasteiger charge is -2.07. The van der Waals surface area contributed by atoms with Crippen molar-refractivity contribution in [3.05, 3.63) is 86.4 Å². The molecule has 0 saturated carbocycles. The molecule has 1 unspecified atom stereocenters. The van der Waals surface area contributed by atoms with Crippen molar-refractivity contribution in [3.63, 3.8) is 0 Å². The van der Waals surface area contributed by atoms with Gasteiger partial charge in [0.05, 0.1) is 20.8 Å². The van der Waals surface area contributed by atoms with E-state index in [1.54, 1.807) is 18.3 Å². The third-order valence-corrected chi connectivity index (χ3v) is 5.30. The summed E-state index contributed by atoms with van der Waals surface area (Å²) in [5.41, 5.74) is 5.06. The molecule has 0 heterocycles. The first-order valence-electron chi connectivity index (χ1n) is 7.64. The first-order chi connectivity index (χ1) is 12.0. The lowest BCUT2D eigenvalue weighted by molar-refractivity contribution is 0.225. The van der Waals surface area contributed by atoms with Crippen LogP contribution in [0.3, 0.4) is 0 Å². The number of benzene rings is 3. The highest BCUT2D eigenvalue weighted by Gasteiger charge is 2.27. The normalized spacial score (nSPS) is 15.4. The molecule has 0 aromatic heterocycles. The van der Waals surface area contributed by atoms with Crippen LogP contribution in [0.2, 0.25) is 15.1 Å². The van der Waals surface area contributed by atoms with E-state index in [0.717, 1.165) is 27.8 Å². The van der Waals surface area contributed by atoms with E-state index in [-0.39, 0.29) is 0 Å². The highest BCUT2D eigenvalue weighted by molar-refractivity contribution is 6.42. The molecule has 0 spiro atoms. The molecule has 1 aliphatic carbocycles. The SMILES string of the molecule is OC1c2ccccc2-c2cc(Cl)c(N=Cc3ccc(Cl)c(Cl)c3)cc21. The van der Waals surface area contributed by atoms with Gasteiger partial charge in [0.2, 0.25) is 0 Å². The molecule has 1 atom stereocenters. The van der Waals surface area contributed by atoms with E-state index in [2.05, 4.69) is 4.99 Å². The number of hydrogen-bond acceptors (Lipinski definition) is 2. The van der Waals surface area contributed by atoms with Crippen molar-refractivity contribution in [1.29, 1.82) is 0 Å². The Morgan fingerprint density at radius 1 is 0.800 bits per heavy atom. The third kappa shape index (κ3) is 2.96. The van der Waals surface area contributed by atoms with Crippen molar-refractivity contribution in [2.24, 2.45) is 4.99 Å². The number of fused-ring (bicyclic) bond motifs is 3. The zero-order valence-electron chi connectivity index (χ0n) is 12.9. The number of hydrogen-bond donors (Lipinski definition) is 1. The van der Waals surface area contributed by atoms with Crippen LogP contribution in [0.5, 0.6) is 0 Å². The summed E-state index contributed by atoms with van der Waals surface area (Å²) >= 11 is 18.3. The van der Waals surface area contributed by atoms with Crippen LogP contribution in [0.1, 0.15) is 22.8 Å². The minimum absolute atomic E-state index is 0.469. The summed E-state index contributed by atoms with van der Waals surface area (Å²) in [5, 5.41) is 12.1. The molecule has 25 heavy (non-hydrogen) atoms. The third-order valence-electron chi connectivity index (χ3n) is 4.26. The minimum Gasteiger partial charge on any atom is -0.384 e. The van der Waals surface area contributed by atoms with Gasteiger partial charge in [0, 0.05) is 6.21 Å². The maximum Gasteiger partial charge on any atom is 0.105 e. The zero-order valence-corrected chi connectivity index (χ0v) is 15.1. The second-order valence-corrected chi connectivity index (χ2v) is 7.03. The molecule has 4 rings (SSSR count). The molecule has 3 aromatic carbocycles. The van der Waals surface area contributed by atoms with Gasteiger partial charge < -0.3 is 5.11 Å². The van der Waals surface area contributed by atoms with E-state index in [0.29, 0.717) is 20.8 Å². The fourth-order valence-corrected chi connectivity index (χ4v) is 3.54. The van der Waals surface area contributed by atoms with Gasteiger partial charge in [0.25, 0.3) is 0 Å². The maximum absolute atomic E-state index is 10.6. The number of nitrogens with zero attached hydrogens (tertiary/aromatic N) is 1. The molecule has 3 aromatic rings. The van der Waals surface area contributed by atoms with Crippen LogP contribution in [-0.2, 0) is 0 Å².